The van der Waals surface area contributed by atoms with Crippen molar-refractivity contribution in [3.05, 3.63) is 89.2 Å². The molecule has 39 heavy (non-hydrogen) atoms. The van der Waals surface area contributed by atoms with Crippen molar-refractivity contribution >= 4 is 11.8 Å². The highest BCUT2D eigenvalue weighted by Crippen LogP contribution is 2.47. The zero-order valence-electron chi connectivity index (χ0n) is 20.1. The lowest BCUT2D eigenvalue weighted by Gasteiger charge is -2.36. The summed E-state index contributed by atoms with van der Waals surface area (Å²) in [6.45, 7) is -0.937. The summed E-state index contributed by atoms with van der Waals surface area (Å²) in [5.41, 5.74) is -4.57. The first-order valence-electron chi connectivity index (χ1n) is 11.8. The van der Waals surface area contributed by atoms with E-state index in [-0.39, 0.29) is 10.9 Å². The van der Waals surface area contributed by atoms with Crippen molar-refractivity contribution in [1.82, 2.24) is 25.2 Å². The fourth-order valence-corrected chi connectivity index (χ4v) is 4.91. The Hall–Kier alpha value is -4.02. The normalized spacial score (nSPS) is 15.0. The van der Waals surface area contributed by atoms with Gasteiger partial charge in [-0.25, -0.2) is 13.5 Å². The molecular weight excluding hydrogens is 536 g/mol. The summed E-state index contributed by atoms with van der Waals surface area (Å²) in [5, 5.41) is 31.7. The van der Waals surface area contributed by atoms with Crippen molar-refractivity contribution in [2.45, 2.75) is 36.1 Å². The number of ether oxygens (including phenoxy) is 1. The van der Waals surface area contributed by atoms with Crippen LogP contribution in [0.2, 0.25) is 0 Å². The van der Waals surface area contributed by atoms with Crippen LogP contribution in [0.1, 0.15) is 29.7 Å². The number of pyridine rings is 1. The standard InChI is InChI=1S/C26H20F4N6O2S/c27-18-5-9-21(22(28)11-18)25(37,15-36-24(33-34-35-36)39-14-17-1-2-17)26(29,30)23-10-8-20(13-32-23)38-19-6-3-16(12-31)4-7-19/h3-11,13,17,37H,1-2,14-15H2. The molecule has 2 heterocycles. The van der Waals surface area contributed by atoms with Crippen molar-refractivity contribution < 1.29 is 27.4 Å². The lowest BCUT2D eigenvalue weighted by Crippen LogP contribution is -2.48. The van der Waals surface area contributed by atoms with Crippen LogP contribution in [-0.2, 0) is 18.1 Å². The van der Waals surface area contributed by atoms with E-state index in [1.807, 2.05) is 6.07 Å². The lowest BCUT2D eigenvalue weighted by molar-refractivity contribution is -0.208. The van der Waals surface area contributed by atoms with E-state index < -0.39 is 41.0 Å². The molecule has 1 aliphatic carbocycles. The Morgan fingerprint density at radius 1 is 1.08 bits per heavy atom. The molecule has 1 unspecified atom stereocenters. The zero-order chi connectivity index (χ0) is 27.6. The molecule has 5 rings (SSSR count). The van der Waals surface area contributed by atoms with Crippen molar-refractivity contribution in [2.24, 2.45) is 5.92 Å². The number of tetrazole rings is 1. The van der Waals surface area contributed by atoms with Gasteiger partial charge in [-0.3, -0.25) is 4.98 Å². The first-order valence-corrected chi connectivity index (χ1v) is 12.8. The fraction of sp³-hybridized carbons (Fsp3) is 0.269. The SMILES string of the molecule is N#Cc1ccc(Oc2ccc(C(F)(F)C(O)(Cn3nnnc3SCC3CC3)c3ccc(F)cc3F)nc2)cc1. The highest BCUT2D eigenvalue weighted by molar-refractivity contribution is 7.99. The van der Waals surface area contributed by atoms with Crippen molar-refractivity contribution in [3.63, 3.8) is 0 Å². The summed E-state index contributed by atoms with van der Waals surface area (Å²) in [4.78, 5) is 3.79. The van der Waals surface area contributed by atoms with Gasteiger partial charge in [0.1, 0.15) is 28.8 Å². The monoisotopic (exact) mass is 556 g/mol. The number of aliphatic hydroxyl groups is 1. The highest BCUT2D eigenvalue weighted by atomic mass is 32.2. The van der Waals surface area contributed by atoms with Crippen molar-refractivity contribution in [1.29, 1.82) is 5.26 Å². The number of nitrogens with zero attached hydrogens (tertiary/aromatic N) is 6. The first kappa shape index (κ1) is 26.6. The number of thioether (sulfide) groups is 1. The Labute approximate surface area is 224 Å². The van der Waals surface area contributed by atoms with Gasteiger partial charge in [0, 0.05) is 17.4 Å². The van der Waals surface area contributed by atoms with Gasteiger partial charge in [0.15, 0.2) is 5.60 Å². The maximum atomic E-state index is 16.1. The van der Waals surface area contributed by atoms with Crippen LogP contribution >= 0.6 is 11.8 Å². The minimum atomic E-state index is -4.19. The third-order valence-electron chi connectivity index (χ3n) is 6.20. The highest BCUT2D eigenvalue weighted by Gasteiger charge is 2.58. The van der Waals surface area contributed by atoms with Gasteiger partial charge >= 0.3 is 5.92 Å². The number of halogens is 4. The molecule has 8 nitrogen and oxygen atoms in total. The number of alkyl halides is 2. The van der Waals surface area contributed by atoms with Gasteiger partial charge < -0.3 is 9.84 Å². The average Bonchev–Trinajstić information content (AvgIpc) is 3.65. The molecule has 0 radical (unpaired) electrons. The Balaban J connectivity index is 1.47. The van der Waals surface area contributed by atoms with Crippen molar-refractivity contribution in [3.8, 4) is 17.6 Å². The predicted octanol–water partition coefficient (Wildman–Crippen LogP) is 5.19. The molecule has 2 aromatic carbocycles. The summed E-state index contributed by atoms with van der Waals surface area (Å²) in [5.74, 6) is -4.95. The van der Waals surface area contributed by atoms with Crippen LogP contribution in [-0.4, -0.2) is 36.1 Å². The Morgan fingerprint density at radius 2 is 1.82 bits per heavy atom. The number of rotatable bonds is 10. The molecule has 0 amide bonds. The average molecular weight is 557 g/mol. The van der Waals surface area contributed by atoms with Gasteiger partial charge in [0.25, 0.3) is 0 Å². The van der Waals surface area contributed by atoms with E-state index in [2.05, 4.69) is 20.5 Å². The van der Waals surface area contributed by atoms with Gasteiger partial charge in [-0.2, -0.15) is 14.0 Å². The molecule has 200 valence electrons. The number of hydrogen-bond acceptors (Lipinski definition) is 8. The van der Waals surface area contributed by atoms with E-state index in [1.54, 1.807) is 0 Å². The summed E-state index contributed by atoms with van der Waals surface area (Å²) >= 11 is 1.25. The van der Waals surface area contributed by atoms with E-state index in [0.29, 0.717) is 29.1 Å². The van der Waals surface area contributed by atoms with Crippen LogP contribution in [0.3, 0.4) is 0 Å². The second-order valence-electron chi connectivity index (χ2n) is 9.05. The van der Waals surface area contributed by atoms with Crippen LogP contribution in [0.4, 0.5) is 17.6 Å². The summed E-state index contributed by atoms with van der Waals surface area (Å²) in [7, 11) is 0. The molecule has 1 aliphatic rings. The van der Waals surface area contributed by atoms with E-state index in [9.17, 15) is 13.9 Å². The zero-order valence-corrected chi connectivity index (χ0v) is 21.0. The van der Waals surface area contributed by atoms with E-state index >= 15 is 8.78 Å². The molecule has 0 aliphatic heterocycles. The third kappa shape index (κ3) is 5.57. The van der Waals surface area contributed by atoms with Crippen LogP contribution < -0.4 is 4.74 Å². The second-order valence-corrected chi connectivity index (χ2v) is 10.0. The van der Waals surface area contributed by atoms with Crippen LogP contribution in [0, 0.1) is 28.9 Å². The van der Waals surface area contributed by atoms with Gasteiger partial charge in [0.2, 0.25) is 5.16 Å². The molecule has 13 heteroatoms. The van der Waals surface area contributed by atoms with Crippen LogP contribution in [0.25, 0.3) is 0 Å². The van der Waals surface area contributed by atoms with Gasteiger partial charge in [-0.1, -0.05) is 11.8 Å². The lowest BCUT2D eigenvalue weighted by atomic mass is 9.84. The molecule has 0 bridgehead atoms. The third-order valence-corrected chi connectivity index (χ3v) is 7.38. The molecule has 4 aromatic rings. The molecule has 1 N–H and O–H groups in total. The maximum Gasteiger partial charge on any atom is 0.323 e. The summed E-state index contributed by atoms with van der Waals surface area (Å²) in [6, 6.07) is 12.2. The minimum absolute atomic E-state index is 0.106. The Morgan fingerprint density at radius 3 is 2.46 bits per heavy atom. The maximum absolute atomic E-state index is 16.1. The van der Waals surface area contributed by atoms with E-state index in [0.717, 1.165) is 41.9 Å². The molecule has 2 aromatic heterocycles. The molecule has 0 saturated heterocycles. The van der Waals surface area contributed by atoms with E-state index in [1.165, 1.54) is 42.1 Å². The predicted molar refractivity (Wildman–Crippen MR) is 131 cm³/mol. The number of hydrogen-bond donors (Lipinski definition) is 1. The van der Waals surface area contributed by atoms with Crippen molar-refractivity contribution in [2.75, 3.05) is 5.75 Å². The van der Waals surface area contributed by atoms with Gasteiger partial charge in [-0.15, -0.1) is 5.10 Å². The molecule has 1 saturated carbocycles. The fourth-order valence-electron chi connectivity index (χ4n) is 3.84. The molecule has 1 fully saturated rings. The Kier molecular flexibility index (Phi) is 7.24. The number of benzene rings is 2. The summed E-state index contributed by atoms with van der Waals surface area (Å²) in [6.07, 6.45) is 3.12. The number of aromatic nitrogens is 5. The van der Waals surface area contributed by atoms with Crippen LogP contribution in [0.15, 0.2) is 66.0 Å². The number of nitriles is 1. The minimum Gasteiger partial charge on any atom is -0.456 e. The smallest absolute Gasteiger partial charge is 0.323 e. The quantitative estimate of drug-likeness (QED) is 0.210. The molecule has 0 spiro atoms. The first-order chi connectivity index (χ1) is 18.7. The largest absolute Gasteiger partial charge is 0.456 e. The summed E-state index contributed by atoms with van der Waals surface area (Å²) < 4.78 is 67.4. The van der Waals surface area contributed by atoms with E-state index in [4.69, 9.17) is 10.00 Å². The second kappa shape index (κ2) is 10.6. The topological polar surface area (TPSA) is 110 Å². The van der Waals surface area contributed by atoms with Crippen LogP contribution in [0.5, 0.6) is 11.5 Å². The molecule has 1 atom stereocenters. The van der Waals surface area contributed by atoms with Gasteiger partial charge in [0.05, 0.1) is 24.4 Å². The van der Waals surface area contributed by atoms with Gasteiger partial charge in [-0.05, 0) is 77.7 Å². The molecular formula is C26H20F4N6O2S. The Bertz CT molecular complexity index is 1510.